The normalized spacial score (nSPS) is 41.0. The van der Waals surface area contributed by atoms with Gasteiger partial charge in [-0.25, -0.2) is 0 Å². The van der Waals surface area contributed by atoms with Crippen molar-refractivity contribution in [1.82, 2.24) is 5.32 Å². The molecule has 9 unspecified atom stereocenters. The molecule has 0 aromatic carbocycles. The Kier molecular flexibility index (Phi) is 11.9. The summed E-state index contributed by atoms with van der Waals surface area (Å²) < 4.78 is 12.2. The van der Waals surface area contributed by atoms with Crippen molar-refractivity contribution in [1.29, 1.82) is 0 Å². The van der Waals surface area contributed by atoms with Gasteiger partial charge in [-0.05, 0) is 57.3 Å². The number of carbonyl (C=O) groups excluding carboxylic acids is 1. The van der Waals surface area contributed by atoms with Crippen LogP contribution in [0.15, 0.2) is 0 Å². The Bertz CT molecular complexity index is 548. The monoisotopic (exact) mass is 456 g/mol. The predicted octanol–water partition coefficient (Wildman–Crippen LogP) is 3.10. The zero-order chi connectivity index (χ0) is 23.7. The minimum atomic E-state index is -1.06. The van der Waals surface area contributed by atoms with Crippen LogP contribution in [-0.2, 0) is 14.3 Å². The summed E-state index contributed by atoms with van der Waals surface area (Å²) in [5, 5.41) is 23.8. The second-order valence-electron chi connectivity index (χ2n) is 9.93. The number of nitrogens with one attached hydrogen (secondary N) is 1. The van der Waals surface area contributed by atoms with Crippen LogP contribution in [0.1, 0.15) is 91.9 Å². The first kappa shape index (κ1) is 27.5. The number of hydrogen-bond donors (Lipinski definition) is 4. The van der Waals surface area contributed by atoms with E-state index in [0.717, 1.165) is 64.2 Å². The predicted molar refractivity (Wildman–Crippen MR) is 126 cm³/mol. The number of amides is 1. The average molecular weight is 457 g/mol. The van der Waals surface area contributed by atoms with Gasteiger partial charge in [-0.3, -0.25) is 4.79 Å². The molecule has 32 heavy (non-hydrogen) atoms. The van der Waals surface area contributed by atoms with Crippen LogP contribution in [0.3, 0.4) is 0 Å². The van der Waals surface area contributed by atoms with E-state index >= 15 is 0 Å². The smallest absolute Gasteiger partial charge is 0.223 e. The SMILES string of the molecule is CCC1CCCC(CC)C(=O)NCCCC(CC)C(OC2OC(C)C(O)C(N)C2O)CC1. The lowest BCUT2D eigenvalue weighted by Crippen LogP contribution is -2.61. The van der Waals surface area contributed by atoms with Gasteiger partial charge < -0.3 is 30.7 Å². The highest BCUT2D eigenvalue weighted by molar-refractivity contribution is 5.78. The molecule has 2 aliphatic rings. The fourth-order valence-electron chi connectivity index (χ4n) is 5.27. The fraction of sp³-hybridized carbons (Fsp3) is 0.960. The molecule has 0 bridgehead atoms. The molecule has 0 spiro atoms. The van der Waals surface area contributed by atoms with Crippen LogP contribution >= 0.6 is 0 Å². The molecular formula is C25H48N2O5. The molecule has 7 heteroatoms. The minimum absolute atomic E-state index is 0.0506. The zero-order valence-electron chi connectivity index (χ0n) is 20.7. The second-order valence-corrected chi connectivity index (χ2v) is 9.93. The number of aliphatic hydroxyl groups is 2. The maximum atomic E-state index is 12.6. The lowest BCUT2D eigenvalue weighted by atomic mass is 9.85. The maximum absolute atomic E-state index is 12.6. The van der Waals surface area contributed by atoms with E-state index in [4.69, 9.17) is 15.2 Å². The molecule has 0 aromatic heterocycles. The number of ether oxygens (including phenoxy) is 2. The van der Waals surface area contributed by atoms with E-state index in [1.807, 2.05) is 0 Å². The van der Waals surface area contributed by atoms with Crippen molar-refractivity contribution >= 4 is 5.91 Å². The van der Waals surface area contributed by atoms with Crippen LogP contribution in [0.4, 0.5) is 0 Å². The zero-order valence-corrected chi connectivity index (χ0v) is 20.7. The molecule has 0 aliphatic carbocycles. The van der Waals surface area contributed by atoms with Crippen LogP contribution in [0, 0.1) is 17.8 Å². The van der Waals surface area contributed by atoms with Crippen LogP contribution in [-0.4, -0.2) is 59.4 Å². The highest BCUT2D eigenvalue weighted by atomic mass is 16.7. The summed E-state index contributed by atoms with van der Waals surface area (Å²) in [6.45, 7) is 8.96. The number of nitrogens with two attached hydrogens (primary N) is 1. The van der Waals surface area contributed by atoms with E-state index in [1.54, 1.807) is 6.92 Å². The van der Waals surface area contributed by atoms with E-state index in [1.165, 1.54) is 0 Å². The largest absolute Gasteiger partial charge is 0.389 e. The van der Waals surface area contributed by atoms with Gasteiger partial charge in [-0.2, -0.15) is 0 Å². The van der Waals surface area contributed by atoms with Crippen LogP contribution in [0.25, 0.3) is 0 Å². The standard InChI is InChI=1S/C25H48N2O5/c1-5-17-10-8-11-19(7-3)24(30)27-15-9-12-18(6-2)20(14-13-17)32-25-23(29)21(26)22(28)16(4)31-25/h16-23,25,28-29H,5-15,26H2,1-4H3,(H,27,30). The van der Waals surface area contributed by atoms with Gasteiger partial charge in [0.05, 0.1) is 24.4 Å². The Morgan fingerprint density at radius 3 is 2.41 bits per heavy atom. The van der Waals surface area contributed by atoms with Crippen molar-refractivity contribution in [2.75, 3.05) is 6.54 Å². The van der Waals surface area contributed by atoms with Crippen molar-refractivity contribution in [2.45, 2.75) is 129 Å². The first-order chi connectivity index (χ1) is 15.3. The molecule has 2 fully saturated rings. The van der Waals surface area contributed by atoms with Gasteiger partial charge in [0.15, 0.2) is 6.29 Å². The summed E-state index contributed by atoms with van der Waals surface area (Å²) in [5.74, 6) is 1.23. The third kappa shape index (κ3) is 7.66. The maximum Gasteiger partial charge on any atom is 0.223 e. The summed E-state index contributed by atoms with van der Waals surface area (Å²) in [7, 11) is 0. The van der Waals surface area contributed by atoms with Crippen molar-refractivity contribution < 1.29 is 24.5 Å². The molecule has 0 radical (unpaired) electrons. The minimum Gasteiger partial charge on any atom is -0.389 e. The third-order valence-corrected chi connectivity index (χ3v) is 7.77. The lowest BCUT2D eigenvalue weighted by Gasteiger charge is -2.42. The summed E-state index contributed by atoms with van der Waals surface area (Å²) >= 11 is 0. The molecule has 2 heterocycles. The Morgan fingerprint density at radius 1 is 1.00 bits per heavy atom. The molecule has 0 aromatic rings. The topological polar surface area (TPSA) is 114 Å². The van der Waals surface area contributed by atoms with Gasteiger partial charge in [0.1, 0.15) is 6.10 Å². The molecule has 7 nitrogen and oxygen atoms in total. The molecule has 0 saturated carbocycles. The molecule has 2 aliphatic heterocycles. The number of hydrogen-bond acceptors (Lipinski definition) is 6. The molecule has 2 rings (SSSR count). The molecule has 188 valence electrons. The van der Waals surface area contributed by atoms with Crippen LogP contribution in [0.2, 0.25) is 0 Å². The van der Waals surface area contributed by atoms with Gasteiger partial charge in [0.25, 0.3) is 0 Å². The van der Waals surface area contributed by atoms with Crippen LogP contribution in [0.5, 0.6) is 0 Å². The Balaban J connectivity index is 2.11. The van der Waals surface area contributed by atoms with Crippen molar-refractivity contribution in [3.63, 3.8) is 0 Å². The third-order valence-electron chi connectivity index (χ3n) is 7.77. The molecule has 5 N–H and O–H groups in total. The van der Waals surface area contributed by atoms with Gasteiger partial charge in [0.2, 0.25) is 5.91 Å². The fourth-order valence-corrected chi connectivity index (χ4v) is 5.27. The molecule has 9 atom stereocenters. The van der Waals surface area contributed by atoms with Gasteiger partial charge in [0, 0.05) is 12.5 Å². The summed E-state index contributed by atoms with van der Waals surface area (Å²) in [5.41, 5.74) is 6.03. The van der Waals surface area contributed by atoms with E-state index in [0.29, 0.717) is 18.4 Å². The Hall–Kier alpha value is -0.730. The second kappa shape index (κ2) is 13.9. The van der Waals surface area contributed by atoms with Crippen molar-refractivity contribution in [2.24, 2.45) is 23.5 Å². The lowest BCUT2D eigenvalue weighted by molar-refractivity contribution is -0.286. The Morgan fingerprint density at radius 2 is 1.75 bits per heavy atom. The molecule has 1 amide bonds. The first-order valence-electron chi connectivity index (χ1n) is 13.0. The summed E-state index contributed by atoms with van der Waals surface area (Å²) in [4.78, 5) is 12.6. The van der Waals surface area contributed by atoms with Gasteiger partial charge in [-0.1, -0.05) is 46.5 Å². The van der Waals surface area contributed by atoms with E-state index in [-0.39, 0.29) is 17.9 Å². The van der Waals surface area contributed by atoms with Crippen molar-refractivity contribution in [3.05, 3.63) is 0 Å². The van der Waals surface area contributed by atoms with E-state index < -0.39 is 30.6 Å². The molecular weight excluding hydrogens is 408 g/mol. The van der Waals surface area contributed by atoms with Crippen LogP contribution < -0.4 is 11.1 Å². The average Bonchev–Trinajstić information content (AvgIpc) is 2.79. The highest BCUT2D eigenvalue weighted by Crippen LogP contribution is 2.31. The molecule has 2 saturated heterocycles. The summed E-state index contributed by atoms with van der Waals surface area (Å²) in [6.07, 6.45) is 6.63. The Labute approximate surface area is 194 Å². The first-order valence-corrected chi connectivity index (χ1v) is 13.0. The van der Waals surface area contributed by atoms with E-state index in [2.05, 4.69) is 26.1 Å². The number of aliphatic hydroxyl groups excluding tert-OH is 2. The number of carbonyl (C=O) groups is 1. The van der Waals surface area contributed by atoms with E-state index in [9.17, 15) is 15.0 Å². The number of rotatable bonds is 5. The van der Waals surface area contributed by atoms with Gasteiger partial charge >= 0.3 is 0 Å². The quantitative estimate of drug-likeness (QED) is 0.505. The van der Waals surface area contributed by atoms with Crippen molar-refractivity contribution in [3.8, 4) is 0 Å². The summed E-state index contributed by atoms with van der Waals surface area (Å²) in [6, 6.07) is -0.785. The van der Waals surface area contributed by atoms with Gasteiger partial charge in [-0.15, -0.1) is 0 Å². The highest BCUT2D eigenvalue weighted by Gasteiger charge is 2.42.